The highest BCUT2D eigenvalue weighted by Crippen LogP contribution is 2.38. The van der Waals surface area contributed by atoms with E-state index in [1.165, 1.54) is 6.26 Å². The van der Waals surface area contributed by atoms with Gasteiger partial charge in [0.25, 0.3) is 10.0 Å². The Morgan fingerprint density at radius 2 is 1.80 bits per heavy atom. The number of ether oxygens (including phenoxy) is 2. The Bertz CT molecular complexity index is 1810. The molecule has 0 bridgehead atoms. The Labute approximate surface area is 263 Å². The average Bonchev–Trinajstić information content (AvgIpc) is 3.71. The molecule has 2 aromatic heterocycles. The molecule has 0 saturated heterocycles. The number of nitrogens with two attached hydrogens (primary N) is 1. The summed E-state index contributed by atoms with van der Waals surface area (Å²) in [7, 11) is -2.75. The van der Waals surface area contributed by atoms with E-state index in [0.717, 1.165) is 26.7 Å². The van der Waals surface area contributed by atoms with Crippen LogP contribution in [0.1, 0.15) is 22.4 Å². The normalized spacial score (nSPS) is 11.6. The number of benzene rings is 3. The molecule has 5 aromatic rings. The molecule has 0 saturated carbocycles. The minimum atomic E-state index is -4.30. The van der Waals surface area contributed by atoms with Crippen LogP contribution in [0, 0.1) is 13.8 Å². The number of rotatable bonds is 15. The Morgan fingerprint density at radius 3 is 2.49 bits per heavy atom. The smallest absolute Gasteiger partial charge is 0.269 e. The number of anilines is 2. The van der Waals surface area contributed by atoms with Gasteiger partial charge in [0, 0.05) is 42.6 Å². The number of oxazole rings is 1. The third-order valence-electron chi connectivity index (χ3n) is 7.44. The van der Waals surface area contributed by atoms with E-state index in [0.29, 0.717) is 47.8 Å². The number of nitrogens with one attached hydrogen (secondary N) is 1. The molecular weight excluding hydrogens is 594 g/mol. The monoisotopic (exact) mass is 631 g/mol. The van der Waals surface area contributed by atoms with Crippen molar-refractivity contribution >= 4 is 21.6 Å². The number of para-hydroxylation sites is 1. The molecule has 3 aromatic carbocycles. The maximum atomic E-state index is 14.7. The predicted octanol–water partition coefficient (Wildman–Crippen LogP) is 5.54. The molecule has 5 rings (SSSR count). The van der Waals surface area contributed by atoms with E-state index < -0.39 is 10.0 Å². The topological polar surface area (TPSA) is 146 Å². The fourth-order valence-corrected chi connectivity index (χ4v) is 6.76. The summed E-state index contributed by atoms with van der Waals surface area (Å²) in [5.74, 6) is 0.548. The molecule has 12 heteroatoms. The highest BCUT2D eigenvalue weighted by Gasteiger charge is 2.34. The van der Waals surface area contributed by atoms with Crippen molar-refractivity contribution in [2.45, 2.75) is 31.7 Å². The second kappa shape index (κ2) is 14.5. The highest BCUT2D eigenvalue weighted by atomic mass is 32.2. The average molecular weight is 632 g/mol. The van der Waals surface area contributed by atoms with E-state index in [4.69, 9.17) is 24.1 Å². The van der Waals surface area contributed by atoms with Gasteiger partial charge >= 0.3 is 0 Å². The lowest BCUT2D eigenvalue weighted by atomic mass is 9.94. The summed E-state index contributed by atoms with van der Waals surface area (Å²) in [6.45, 7) is 4.27. The molecule has 0 fully saturated rings. The number of nitrogens with zero attached hydrogens (tertiary/aromatic N) is 3. The summed E-state index contributed by atoms with van der Waals surface area (Å²) < 4.78 is 52.5. The van der Waals surface area contributed by atoms with Crippen LogP contribution in [0.25, 0.3) is 22.6 Å². The van der Waals surface area contributed by atoms with Crippen molar-refractivity contribution in [3.8, 4) is 22.6 Å². The zero-order valence-electron chi connectivity index (χ0n) is 25.5. The first-order valence-electron chi connectivity index (χ1n) is 14.5. The number of aryl methyl sites for hydroxylation is 1. The van der Waals surface area contributed by atoms with Crippen LogP contribution in [0.15, 0.2) is 93.0 Å². The number of aromatic nitrogens is 2. The lowest BCUT2D eigenvalue weighted by Crippen LogP contribution is -2.35. The summed E-state index contributed by atoms with van der Waals surface area (Å²) in [5, 5.41) is 7.45. The zero-order chi connectivity index (χ0) is 31.8. The second-order valence-electron chi connectivity index (χ2n) is 10.3. The summed E-state index contributed by atoms with van der Waals surface area (Å²) in [6, 6.07) is 21.0. The molecule has 0 aliphatic carbocycles. The number of hydrogen-bond donors (Lipinski definition) is 2. The van der Waals surface area contributed by atoms with Gasteiger partial charge in [-0.15, -0.1) is 0 Å². The van der Waals surface area contributed by atoms with Crippen LogP contribution < -0.4 is 15.4 Å². The molecule has 0 spiro atoms. The molecule has 0 unspecified atom stereocenters. The molecule has 0 atom stereocenters. The summed E-state index contributed by atoms with van der Waals surface area (Å²) in [5.41, 5.74) is 11.7. The summed E-state index contributed by atoms with van der Waals surface area (Å²) >= 11 is 0. The van der Waals surface area contributed by atoms with Crippen molar-refractivity contribution < 1.29 is 26.8 Å². The third kappa shape index (κ3) is 7.10. The standard InChI is InChI=1S/C33H37N5O6S/c1-23-24(2)37-44-33(23)38(22-42-19-18-41-3)45(39,40)31-27(21-34)8-7-11-30(31)29-13-12-26(32-36-16-17-43-32)20-25(29)14-15-35-28-9-5-4-6-10-28/h4-13,16-17,20,35H,14-15,18-19,21-22,34H2,1-3H3. The Hall–Kier alpha value is -4.49. The van der Waals surface area contributed by atoms with Crippen LogP contribution >= 0.6 is 0 Å². The second-order valence-corrected chi connectivity index (χ2v) is 12.1. The van der Waals surface area contributed by atoms with Crippen molar-refractivity contribution in [1.82, 2.24) is 10.1 Å². The molecule has 0 aliphatic rings. The Morgan fingerprint density at radius 1 is 0.978 bits per heavy atom. The Balaban J connectivity index is 1.62. The van der Waals surface area contributed by atoms with Crippen LogP contribution in [-0.2, 0) is 32.5 Å². The van der Waals surface area contributed by atoms with Crippen molar-refractivity contribution in [1.29, 1.82) is 0 Å². The largest absolute Gasteiger partial charge is 0.445 e. The molecule has 2 heterocycles. The summed E-state index contributed by atoms with van der Waals surface area (Å²) in [4.78, 5) is 4.38. The van der Waals surface area contributed by atoms with Gasteiger partial charge in [-0.2, -0.15) is 0 Å². The van der Waals surface area contributed by atoms with Crippen LogP contribution in [0.5, 0.6) is 0 Å². The minimum absolute atomic E-state index is 0.00547. The fraction of sp³-hybridized carbons (Fsp3) is 0.273. The van der Waals surface area contributed by atoms with E-state index in [1.807, 2.05) is 54.6 Å². The molecule has 0 amide bonds. The van der Waals surface area contributed by atoms with Crippen molar-refractivity contribution in [2.75, 3.05) is 43.2 Å². The van der Waals surface area contributed by atoms with Gasteiger partial charge in [0.2, 0.25) is 11.8 Å². The van der Waals surface area contributed by atoms with Crippen LogP contribution in [-0.4, -0.2) is 52.2 Å². The third-order valence-corrected chi connectivity index (χ3v) is 9.29. The highest BCUT2D eigenvalue weighted by molar-refractivity contribution is 7.93. The number of methoxy groups -OCH3 is 1. The van der Waals surface area contributed by atoms with Crippen LogP contribution in [0.4, 0.5) is 11.6 Å². The quantitative estimate of drug-likeness (QED) is 0.111. The maximum Gasteiger partial charge on any atom is 0.269 e. The van der Waals surface area contributed by atoms with E-state index in [2.05, 4.69) is 15.5 Å². The van der Waals surface area contributed by atoms with Gasteiger partial charge in [0.1, 0.15) is 13.0 Å². The van der Waals surface area contributed by atoms with Gasteiger partial charge in [0.15, 0.2) is 0 Å². The predicted molar refractivity (Wildman–Crippen MR) is 172 cm³/mol. The fourth-order valence-electron chi connectivity index (χ4n) is 5.00. The summed E-state index contributed by atoms with van der Waals surface area (Å²) in [6.07, 6.45) is 3.69. The van der Waals surface area contributed by atoms with Gasteiger partial charge < -0.3 is 29.5 Å². The zero-order valence-corrected chi connectivity index (χ0v) is 26.3. The van der Waals surface area contributed by atoms with Crippen LogP contribution in [0.2, 0.25) is 0 Å². The van der Waals surface area contributed by atoms with E-state index in [1.54, 1.807) is 39.3 Å². The van der Waals surface area contributed by atoms with Crippen LogP contribution in [0.3, 0.4) is 0 Å². The van der Waals surface area contributed by atoms with Gasteiger partial charge in [0.05, 0.1) is 30.0 Å². The molecule has 0 aliphatic heterocycles. The lowest BCUT2D eigenvalue weighted by Gasteiger charge is -2.25. The van der Waals surface area contributed by atoms with Gasteiger partial charge in [-0.3, -0.25) is 0 Å². The Kier molecular flexibility index (Phi) is 10.3. The van der Waals surface area contributed by atoms with E-state index >= 15 is 0 Å². The van der Waals surface area contributed by atoms with Gasteiger partial charge in [-0.25, -0.2) is 17.7 Å². The minimum Gasteiger partial charge on any atom is -0.445 e. The lowest BCUT2D eigenvalue weighted by molar-refractivity contribution is 0.0744. The first-order valence-corrected chi connectivity index (χ1v) is 16.0. The number of hydrogen-bond acceptors (Lipinski definition) is 10. The molecule has 45 heavy (non-hydrogen) atoms. The van der Waals surface area contributed by atoms with Crippen molar-refractivity contribution in [2.24, 2.45) is 5.73 Å². The SMILES string of the molecule is COCCOCN(c1onc(C)c1C)S(=O)(=O)c1c(CN)cccc1-c1ccc(-c2ncco2)cc1CCNc1ccccc1. The molecule has 236 valence electrons. The van der Waals surface area contributed by atoms with E-state index in [-0.39, 0.29) is 30.7 Å². The first-order chi connectivity index (χ1) is 21.8. The first kappa shape index (κ1) is 31.9. The van der Waals surface area contributed by atoms with E-state index in [9.17, 15) is 8.42 Å². The molecular formula is C33H37N5O6S. The van der Waals surface area contributed by atoms with Crippen molar-refractivity contribution in [3.63, 3.8) is 0 Å². The molecule has 11 nitrogen and oxygen atoms in total. The van der Waals surface area contributed by atoms with Gasteiger partial charge in [-0.05, 0) is 61.2 Å². The maximum absolute atomic E-state index is 14.7. The molecule has 0 radical (unpaired) electrons. The van der Waals surface area contributed by atoms with Gasteiger partial charge in [-0.1, -0.05) is 47.6 Å². The van der Waals surface area contributed by atoms with Crippen molar-refractivity contribution in [3.05, 3.63) is 102 Å². The number of sulfonamides is 1. The molecule has 3 N–H and O–H groups in total.